The fourth-order valence-corrected chi connectivity index (χ4v) is 5.24. The minimum Gasteiger partial charge on any atom is -0.249 e. The highest BCUT2D eigenvalue weighted by molar-refractivity contribution is 7.98. The summed E-state index contributed by atoms with van der Waals surface area (Å²) in [7, 11) is -3.56. The smallest absolute Gasteiger partial charge is 0.249 e. The van der Waals surface area contributed by atoms with Crippen molar-refractivity contribution in [2.45, 2.75) is 41.1 Å². The van der Waals surface area contributed by atoms with Crippen LogP contribution in [0, 0.1) is 0 Å². The Balaban J connectivity index is 1.70. The van der Waals surface area contributed by atoms with Gasteiger partial charge in [-0.15, -0.1) is 11.8 Å². The highest BCUT2D eigenvalue weighted by atomic mass is 32.2. The van der Waals surface area contributed by atoms with Gasteiger partial charge in [-0.05, 0) is 36.6 Å². The van der Waals surface area contributed by atoms with Crippen molar-refractivity contribution in [1.82, 2.24) is 9.29 Å². The molecule has 0 atom stereocenters. The highest BCUT2D eigenvalue weighted by Gasteiger charge is 2.32. The van der Waals surface area contributed by atoms with E-state index >= 15 is 0 Å². The maximum absolute atomic E-state index is 13.0. The lowest BCUT2D eigenvalue weighted by molar-refractivity contribution is -0.138. The fourth-order valence-electron chi connectivity index (χ4n) is 2.93. The lowest BCUT2D eigenvalue weighted by Crippen LogP contribution is -2.35. The molecule has 0 amide bonds. The Kier molecular flexibility index (Phi) is 6.12. The van der Waals surface area contributed by atoms with Crippen LogP contribution < -0.4 is 0 Å². The predicted molar refractivity (Wildman–Crippen MR) is 97.9 cm³/mol. The maximum atomic E-state index is 13.0. The molecule has 4 nitrogen and oxygen atoms in total. The second-order valence-corrected chi connectivity index (χ2v) is 9.17. The molecule has 3 rings (SSSR count). The second kappa shape index (κ2) is 8.20. The van der Waals surface area contributed by atoms with Crippen LogP contribution >= 0.6 is 11.8 Å². The molecule has 0 aliphatic carbocycles. The van der Waals surface area contributed by atoms with Crippen molar-refractivity contribution in [3.8, 4) is 0 Å². The number of aromatic nitrogens is 1. The van der Waals surface area contributed by atoms with Crippen molar-refractivity contribution < 1.29 is 21.6 Å². The normalized spacial score (nSPS) is 16.4. The lowest BCUT2D eigenvalue weighted by atomic mass is 10.1. The summed E-state index contributed by atoms with van der Waals surface area (Å²) in [5.41, 5.74) is -0.497. The van der Waals surface area contributed by atoms with Gasteiger partial charge in [0, 0.05) is 25.0 Å². The van der Waals surface area contributed by atoms with Gasteiger partial charge in [-0.25, -0.2) is 13.4 Å². The number of hydrogen-bond donors (Lipinski definition) is 0. The number of rotatable bonds is 5. The van der Waals surface area contributed by atoms with Gasteiger partial charge in [-0.2, -0.15) is 17.5 Å². The Morgan fingerprint density at radius 2 is 1.74 bits per heavy atom. The molecule has 9 heteroatoms. The first kappa shape index (κ1) is 20.2. The molecule has 0 saturated carbocycles. The number of halogens is 3. The van der Waals surface area contributed by atoms with Gasteiger partial charge in [0.2, 0.25) is 10.0 Å². The summed E-state index contributed by atoms with van der Waals surface area (Å²) in [6.07, 6.45) is -0.406. The Morgan fingerprint density at radius 3 is 2.37 bits per heavy atom. The molecule has 0 N–H and O–H groups in total. The number of alkyl halides is 3. The fraction of sp³-hybridized carbons (Fsp3) is 0.389. The van der Waals surface area contributed by atoms with Gasteiger partial charge in [0.15, 0.2) is 0 Å². The Morgan fingerprint density at radius 1 is 1.04 bits per heavy atom. The van der Waals surface area contributed by atoms with Crippen LogP contribution in [0.4, 0.5) is 13.2 Å². The van der Waals surface area contributed by atoms with Gasteiger partial charge in [-0.3, -0.25) is 0 Å². The van der Waals surface area contributed by atoms with Gasteiger partial charge >= 0.3 is 6.18 Å². The molecule has 0 unspecified atom stereocenters. The molecule has 0 radical (unpaired) electrons. The minimum atomic E-state index is -4.41. The summed E-state index contributed by atoms with van der Waals surface area (Å²) in [5, 5.41) is 0.476. The van der Waals surface area contributed by atoms with Gasteiger partial charge < -0.3 is 0 Å². The number of thioether (sulfide) groups is 1. The van der Waals surface area contributed by atoms with Gasteiger partial charge in [-0.1, -0.05) is 24.6 Å². The monoisotopic (exact) mass is 416 g/mol. The topological polar surface area (TPSA) is 50.3 Å². The van der Waals surface area contributed by atoms with E-state index in [0.717, 1.165) is 37.1 Å². The summed E-state index contributed by atoms with van der Waals surface area (Å²) < 4.78 is 65.7. The molecule has 0 spiro atoms. The molecule has 1 saturated heterocycles. The van der Waals surface area contributed by atoms with E-state index in [0.29, 0.717) is 18.1 Å². The average Bonchev–Trinajstić information content (AvgIpc) is 2.67. The van der Waals surface area contributed by atoms with Gasteiger partial charge in [0.1, 0.15) is 4.90 Å². The minimum absolute atomic E-state index is 0.0981. The van der Waals surface area contributed by atoms with Crippen LogP contribution in [0.2, 0.25) is 0 Å². The number of benzene rings is 1. The third-order valence-electron chi connectivity index (χ3n) is 4.36. The quantitative estimate of drug-likeness (QED) is 0.670. The van der Waals surface area contributed by atoms with Gasteiger partial charge in [0.25, 0.3) is 0 Å². The predicted octanol–water partition coefficient (Wildman–Crippen LogP) is 4.57. The molecule has 2 aromatic rings. The summed E-state index contributed by atoms with van der Waals surface area (Å²) in [6, 6.07) is 8.41. The molecule has 1 aromatic carbocycles. The zero-order chi connectivity index (χ0) is 19.5. The molecule has 27 heavy (non-hydrogen) atoms. The van der Waals surface area contributed by atoms with E-state index in [-0.39, 0.29) is 16.2 Å². The molecule has 0 bridgehead atoms. The first-order chi connectivity index (χ1) is 12.8. The van der Waals surface area contributed by atoms with E-state index in [4.69, 9.17) is 0 Å². The Labute approximate surface area is 160 Å². The maximum Gasteiger partial charge on any atom is 0.416 e. The van der Waals surface area contributed by atoms with E-state index in [1.54, 1.807) is 6.07 Å². The molecule has 1 aliphatic heterocycles. The first-order valence-corrected chi connectivity index (χ1v) is 10.9. The van der Waals surface area contributed by atoms with E-state index in [1.165, 1.54) is 34.8 Å². The summed E-state index contributed by atoms with van der Waals surface area (Å²) in [4.78, 5) is 4.24. The third-order valence-corrected chi connectivity index (χ3v) is 7.24. The summed E-state index contributed by atoms with van der Waals surface area (Å²) in [6.45, 7) is 1.01. The highest BCUT2D eigenvalue weighted by Crippen LogP contribution is 2.34. The number of hydrogen-bond acceptors (Lipinski definition) is 4. The zero-order valence-electron chi connectivity index (χ0n) is 14.4. The Hall–Kier alpha value is -1.58. The van der Waals surface area contributed by atoms with Crippen LogP contribution in [-0.4, -0.2) is 30.8 Å². The lowest BCUT2D eigenvalue weighted by Gasteiger charge is -2.25. The van der Waals surface area contributed by atoms with Crippen molar-refractivity contribution in [3.63, 3.8) is 0 Å². The van der Waals surface area contributed by atoms with Crippen LogP contribution in [-0.2, 0) is 22.0 Å². The molecule has 1 fully saturated rings. The molecule has 1 aromatic heterocycles. The Bertz CT molecular complexity index is 878. The largest absolute Gasteiger partial charge is 0.416 e. The number of nitrogens with zero attached hydrogens (tertiary/aromatic N) is 2. The SMILES string of the molecule is O=S(=O)(c1ccc(SCc2ccccc2C(F)(F)F)nc1)N1CCCCC1. The third kappa shape index (κ3) is 4.83. The molecule has 146 valence electrons. The van der Waals surface area contributed by atoms with Crippen LogP contribution in [0.25, 0.3) is 0 Å². The molecular weight excluding hydrogens is 397 g/mol. The van der Waals surface area contributed by atoms with E-state index in [1.807, 2.05) is 0 Å². The van der Waals surface area contributed by atoms with Crippen molar-refractivity contribution in [2.24, 2.45) is 0 Å². The van der Waals surface area contributed by atoms with E-state index in [2.05, 4.69) is 4.98 Å². The van der Waals surface area contributed by atoms with Gasteiger partial charge in [0.05, 0.1) is 10.6 Å². The summed E-state index contributed by atoms with van der Waals surface area (Å²) >= 11 is 1.14. The van der Waals surface area contributed by atoms with Crippen LogP contribution in [0.3, 0.4) is 0 Å². The zero-order valence-corrected chi connectivity index (χ0v) is 16.1. The summed E-state index contributed by atoms with van der Waals surface area (Å²) in [5.74, 6) is 0.0981. The van der Waals surface area contributed by atoms with Crippen LogP contribution in [0.5, 0.6) is 0 Å². The average molecular weight is 416 g/mol. The first-order valence-electron chi connectivity index (χ1n) is 8.52. The number of sulfonamides is 1. The second-order valence-electron chi connectivity index (χ2n) is 6.24. The van der Waals surface area contributed by atoms with Crippen molar-refractivity contribution in [3.05, 3.63) is 53.7 Å². The van der Waals surface area contributed by atoms with Crippen molar-refractivity contribution >= 4 is 21.8 Å². The van der Waals surface area contributed by atoms with Crippen molar-refractivity contribution in [1.29, 1.82) is 0 Å². The van der Waals surface area contributed by atoms with E-state index < -0.39 is 21.8 Å². The number of piperidine rings is 1. The molecule has 1 aliphatic rings. The standard InChI is InChI=1S/C18H19F3N2O2S2/c19-18(20,21)16-7-3-2-6-14(16)13-26-17-9-8-15(12-22-17)27(24,25)23-10-4-1-5-11-23/h2-3,6-9,12H,1,4-5,10-11,13H2. The molecular formula is C18H19F3N2O2S2. The van der Waals surface area contributed by atoms with Crippen molar-refractivity contribution in [2.75, 3.05) is 13.1 Å². The number of pyridine rings is 1. The van der Waals surface area contributed by atoms with Crippen LogP contribution in [0.15, 0.2) is 52.5 Å². The molecule has 2 heterocycles. The van der Waals surface area contributed by atoms with E-state index in [9.17, 15) is 21.6 Å². The van der Waals surface area contributed by atoms with Crippen LogP contribution in [0.1, 0.15) is 30.4 Å².